The molecular weight excluding hydrogens is 478 g/mol. The summed E-state index contributed by atoms with van der Waals surface area (Å²) in [6, 6.07) is 3.46. The van der Waals surface area contributed by atoms with Crippen molar-refractivity contribution in [3.05, 3.63) is 36.0 Å². The number of aromatic amines is 1. The zero-order valence-corrected chi connectivity index (χ0v) is 20.7. The number of carbonyl (C=O) groups is 4. The van der Waals surface area contributed by atoms with Crippen LogP contribution in [0.1, 0.15) is 18.9 Å². The van der Waals surface area contributed by atoms with E-state index in [9.17, 15) is 24.3 Å². The van der Waals surface area contributed by atoms with Gasteiger partial charge in [-0.3, -0.25) is 14.4 Å². The van der Waals surface area contributed by atoms with Crippen LogP contribution in [0.5, 0.6) is 0 Å². The molecule has 0 radical (unpaired) electrons. The van der Waals surface area contributed by atoms with E-state index in [0.29, 0.717) is 12.2 Å². The number of benzene rings is 1. The number of aromatic nitrogens is 1. The molecule has 0 spiro atoms. The van der Waals surface area contributed by atoms with Gasteiger partial charge in [0.25, 0.3) is 0 Å². The van der Waals surface area contributed by atoms with Crippen LogP contribution in [0.4, 0.5) is 0 Å². The van der Waals surface area contributed by atoms with E-state index in [-0.39, 0.29) is 12.2 Å². The van der Waals surface area contributed by atoms with Crippen molar-refractivity contribution in [2.24, 2.45) is 5.73 Å². The molecule has 0 bridgehead atoms. The van der Waals surface area contributed by atoms with Gasteiger partial charge in [0.15, 0.2) is 0 Å². The second-order valence-electron chi connectivity index (χ2n) is 7.84. The van der Waals surface area contributed by atoms with E-state index >= 15 is 0 Å². The molecule has 12 heteroatoms. The summed E-state index contributed by atoms with van der Waals surface area (Å²) in [6.45, 7) is 1.50. The summed E-state index contributed by atoms with van der Waals surface area (Å²) < 4.78 is 0. The number of thiol groups is 1. The number of thioether (sulfide) groups is 1. The lowest BCUT2D eigenvalue weighted by Crippen LogP contribution is -2.57. The first-order valence-electron chi connectivity index (χ1n) is 10.7. The van der Waals surface area contributed by atoms with Crippen LogP contribution in [0.3, 0.4) is 0 Å². The third kappa shape index (κ3) is 7.67. The van der Waals surface area contributed by atoms with Crippen molar-refractivity contribution >= 4 is 59.0 Å². The van der Waals surface area contributed by atoms with Crippen LogP contribution in [0.25, 0.3) is 10.9 Å². The van der Waals surface area contributed by atoms with Crippen molar-refractivity contribution in [2.75, 3.05) is 17.8 Å². The van der Waals surface area contributed by atoms with E-state index in [1.807, 2.05) is 30.5 Å². The highest BCUT2D eigenvalue weighted by Crippen LogP contribution is 2.19. The number of nitrogens with one attached hydrogen (secondary N) is 4. The normalized spacial score (nSPS) is 14.6. The molecule has 186 valence electrons. The van der Waals surface area contributed by atoms with Crippen LogP contribution in [-0.2, 0) is 25.6 Å². The maximum absolute atomic E-state index is 12.8. The third-order valence-electron chi connectivity index (χ3n) is 5.19. The molecular formula is C22H31N5O5S2. The van der Waals surface area contributed by atoms with Gasteiger partial charge in [0.05, 0.1) is 6.04 Å². The van der Waals surface area contributed by atoms with Crippen LogP contribution >= 0.6 is 24.4 Å². The average molecular weight is 510 g/mol. The number of nitrogens with two attached hydrogens (primary N) is 1. The van der Waals surface area contributed by atoms with Gasteiger partial charge in [-0.25, -0.2) is 4.79 Å². The number of carbonyl (C=O) groups excluding carboxylic acids is 3. The maximum atomic E-state index is 12.8. The van der Waals surface area contributed by atoms with Gasteiger partial charge in [-0.2, -0.15) is 24.4 Å². The monoisotopic (exact) mass is 509 g/mol. The molecule has 0 aliphatic carbocycles. The lowest BCUT2D eigenvalue weighted by Gasteiger charge is -2.24. The third-order valence-corrected chi connectivity index (χ3v) is 6.20. The molecule has 4 atom stereocenters. The highest BCUT2D eigenvalue weighted by molar-refractivity contribution is 7.98. The SMILES string of the molecule is CSCCC(NC(=O)C(C)N)C(=O)NC(CS)C(=O)NC(Cc1c[nH]c2ccccc12)C(=O)O. The van der Waals surface area contributed by atoms with Crippen LogP contribution < -0.4 is 21.7 Å². The van der Waals surface area contributed by atoms with Gasteiger partial charge >= 0.3 is 5.97 Å². The standard InChI is InChI=1S/C22H31N5O5S2/c1-12(23)19(28)25-16(7-8-34-2)20(29)27-18(11-33)21(30)26-17(22(31)32)9-13-10-24-15-6-4-3-5-14(13)15/h3-6,10,12,16-18,24,33H,7-9,11,23H2,1-2H3,(H,25,28)(H,26,30)(H,27,29)(H,31,32). The van der Waals surface area contributed by atoms with Gasteiger partial charge in [-0.05, 0) is 37.0 Å². The molecule has 0 fully saturated rings. The Hall–Kier alpha value is -2.70. The number of fused-ring (bicyclic) bond motifs is 1. The molecule has 1 heterocycles. The summed E-state index contributed by atoms with van der Waals surface area (Å²) >= 11 is 5.65. The van der Waals surface area contributed by atoms with E-state index in [0.717, 1.165) is 16.5 Å². The number of rotatable bonds is 13. The quantitative estimate of drug-likeness (QED) is 0.190. The molecule has 0 saturated carbocycles. The molecule has 1 aromatic carbocycles. The number of amides is 3. The van der Waals surface area contributed by atoms with Crippen LogP contribution in [0.15, 0.2) is 30.5 Å². The predicted molar refractivity (Wildman–Crippen MR) is 136 cm³/mol. The van der Waals surface area contributed by atoms with Crippen molar-refractivity contribution in [2.45, 2.75) is 43.9 Å². The number of hydrogen-bond acceptors (Lipinski definition) is 7. The first-order valence-corrected chi connectivity index (χ1v) is 12.7. The van der Waals surface area contributed by atoms with Crippen LogP contribution in [0.2, 0.25) is 0 Å². The van der Waals surface area contributed by atoms with Crippen LogP contribution in [-0.4, -0.2) is 75.7 Å². The molecule has 0 saturated heterocycles. The highest BCUT2D eigenvalue weighted by atomic mass is 32.2. The summed E-state index contributed by atoms with van der Waals surface area (Å²) in [5.74, 6) is -2.41. The predicted octanol–water partition coefficient (Wildman–Crippen LogP) is 0.280. The fourth-order valence-corrected chi connectivity index (χ4v) is 4.00. The fourth-order valence-electron chi connectivity index (χ4n) is 3.27. The minimum Gasteiger partial charge on any atom is -0.480 e. The number of aliphatic carboxylic acids is 1. The lowest BCUT2D eigenvalue weighted by atomic mass is 10.0. The molecule has 1 aromatic heterocycles. The van der Waals surface area contributed by atoms with E-state index in [1.54, 1.807) is 6.20 Å². The Morgan fingerprint density at radius 2 is 1.68 bits per heavy atom. The fraction of sp³-hybridized carbons (Fsp3) is 0.455. The molecule has 7 N–H and O–H groups in total. The van der Waals surface area contributed by atoms with E-state index in [4.69, 9.17) is 5.73 Å². The van der Waals surface area contributed by atoms with E-state index in [2.05, 4.69) is 33.6 Å². The van der Waals surface area contributed by atoms with Gasteiger partial charge < -0.3 is 31.8 Å². The zero-order chi connectivity index (χ0) is 25.3. The topological polar surface area (TPSA) is 166 Å². The number of H-pyrrole nitrogens is 1. The Morgan fingerprint density at radius 1 is 1.06 bits per heavy atom. The summed E-state index contributed by atoms with van der Waals surface area (Å²) in [6.07, 6.45) is 3.97. The minimum absolute atomic E-state index is 0.0547. The lowest BCUT2D eigenvalue weighted by molar-refractivity contribution is -0.142. The van der Waals surface area contributed by atoms with Gasteiger partial charge in [0, 0.05) is 29.3 Å². The molecule has 0 aliphatic heterocycles. The van der Waals surface area contributed by atoms with Gasteiger partial charge in [-0.15, -0.1) is 0 Å². The minimum atomic E-state index is -1.21. The van der Waals surface area contributed by atoms with Crippen molar-refractivity contribution in [3.63, 3.8) is 0 Å². The second kappa shape index (κ2) is 13.3. The average Bonchev–Trinajstić information content (AvgIpc) is 3.21. The number of carboxylic acids is 1. The summed E-state index contributed by atoms with van der Waals surface area (Å²) in [4.78, 5) is 52.5. The molecule has 10 nitrogen and oxygen atoms in total. The molecule has 4 unspecified atom stereocenters. The Kier molecular flexibility index (Phi) is 10.7. The van der Waals surface area contributed by atoms with Crippen LogP contribution in [0, 0.1) is 0 Å². The smallest absolute Gasteiger partial charge is 0.326 e. The Balaban J connectivity index is 2.08. The van der Waals surface area contributed by atoms with E-state index < -0.39 is 47.9 Å². The van der Waals surface area contributed by atoms with Gasteiger partial charge in [0.1, 0.15) is 18.1 Å². The summed E-state index contributed by atoms with van der Waals surface area (Å²) in [5, 5.41) is 18.2. The summed E-state index contributed by atoms with van der Waals surface area (Å²) in [5.41, 5.74) is 7.18. The Labute approximate surface area is 207 Å². The van der Waals surface area contributed by atoms with Gasteiger partial charge in [-0.1, -0.05) is 18.2 Å². The summed E-state index contributed by atoms with van der Waals surface area (Å²) in [7, 11) is 0. The number of hydrogen-bond donors (Lipinski definition) is 7. The van der Waals surface area contributed by atoms with E-state index in [1.165, 1.54) is 18.7 Å². The highest BCUT2D eigenvalue weighted by Gasteiger charge is 2.29. The largest absolute Gasteiger partial charge is 0.480 e. The maximum Gasteiger partial charge on any atom is 0.326 e. The van der Waals surface area contributed by atoms with Crippen molar-refractivity contribution < 1.29 is 24.3 Å². The number of para-hydroxylation sites is 1. The van der Waals surface area contributed by atoms with Crippen molar-refractivity contribution in [1.82, 2.24) is 20.9 Å². The first kappa shape index (κ1) is 27.5. The molecule has 34 heavy (non-hydrogen) atoms. The van der Waals surface area contributed by atoms with Crippen molar-refractivity contribution in [3.8, 4) is 0 Å². The molecule has 3 amide bonds. The Morgan fingerprint density at radius 3 is 2.29 bits per heavy atom. The second-order valence-corrected chi connectivity index (χ2v) is 9.19. The molecule has 2 aromatic rings. The molecule has 0 aliphatic rings. The number of carboxylic acid groups (broad SMARTS) is 1. The molecule has 2 rings (SSSR count). The first-order chi connectivity index (χ1) is 16.2. The van der Waals surface area contributed by atoms with Crippen molar-refractivity contribution in [1.29, 1.82) is 0 Å². The zero-order valence-electron chi connectivity index (χ0n) is 19.0. The van der Waals surface area contributed by atoms with Gasteiger partial charge in [0.2, 0.25) is 17.7 Å². The Bertz CT molecular complexity index is 1010.